The van der Waals surface area contributed by atoms with Crippen molar-refractivity contribution in [1.82, 2.24) is 5.32 Å². The molecule has 0 bridgehead atoms. The number of rotatable bonds is 20. The van der Waals surface area contributed by atoms with Crippen LogP contribution in [0.25, 0.3) is 11.1 Å². The summed E-state index contributed by atoms with van der Waals surface area (Å²) in [6.07, 6.45) is 14.4. The molecule has 2 N–H and O–H groups in total. The smallest absolute Gasteiger partial charge is 0.407 e. The number of benzene rings is 3. The number of hydrogen-bond donors (Lipinski definition) is 2. The van der Waals surface area contributed by atoms with Gasteiger partial charge in [-0.3, -0.25) is 4.79 Å². The predicted molar refractivity (Wildman–Crippen MR) is 188 cm³/mol. The van der Waals surface area contributed by atoms with Crippen molar-refractivity contribution < 1.29 is 23.9 Å². The molecule has 0 saturated carbocycles. The quantitative estimate of drug-likeness (QED) is 0.0731. The number of carbonyl (C=O) groups is 3. The van der Waals surface area contributed by atoms with Crippen molar-refractivity contribution in [2.45, 2.75) is 95.9 Å². The second-order valence-electron chi connectivity index (χ2n) is 12.3. The van der Waals surface area contributed by atoms with Crippen molar-refractivity contribution >= 4 is 23.7 Å². The van der Waals surface area contributed by atoms with E-state index in [2.05, 4.69) is 36.3 Å². The van der Waals surface area contributed by atoms with Crippen LogP contribution in [0.2, 0.25) is 0 Å². The predicted octanol–water partition coefficient (Wildman–Crippen LogP) is 9.12. The van der Waals surface area contributed by atoms with Gasteiger partial charge < -0.3 is 20.1 Å². The summed E-state index contributed by atoms with van der Waals surface area (Å²) in [5.41, 5.74) is 6.25. The first-order valence-electron chi connectivity index (χ1n) is 17.3. The van der Waals surface area contributed by atoms with E-state index in [4.69, 9.17) is 9.47 Å². The maximum Gasteiger partial charge on any atom is 0.407 e. The highest BCUT2D eigenvalue weighted by molar-refractivity contribution is 5.95. The van der Waals surface area contributed by atoms with E-state index < -0.39 is 24.0 Å². The fourth-order valence-electron chi connectivity index (χ4n) is 6.19. The number of esters is 1. The van der Waals surface area contributed by atoms with E-state index in [1.807, 2.05) is 60.7 Å². The van der Waals surface area contributed by atoms with Crippen LogP contribution in [-0.2, 0) is 25.5 Å². The van der Waals surface area contributed by atoms with Gasteiger partial charge in [0.05, 0.1) is 6.42 Å². The molecule has 3 aromatic carbocycles. The Morgan fingerprint density at radius 2 is 1.34 bits per heavy atom. The standard InChI is InChI=1S/C40H50N2O5/c1-3-5-6-7-8-9-10-11-12-13-18-30-23-25-31(26-24-30)41-38(43)28-37(39(44)46-27-4-2)42-40(45)47-29-36-34-21-16-14-19-32(34)33-20-15-17-22-35(33)36/h4,14-17,19-26,36-37H,2-3,5-13,18,27-29H2,1H3,(H,41,43)(H,42,45)/t37-/m0/s1. The van der Waals surface area contributed by atoms with E-state index in [1.165, 1.54) is 69.4 Å². The second-order valence-corrected chi connectivity index (χ2v) is 12.3. The van der Waals surface area contributed by atoms with Crippen LogP contribution in [0.15, 0.2) is 85.5 Å². The third-order valence-electron chi connectivity index (χ3n) is 8.71. The van der Waals surface area contributed by atoms with Crippen molar-refractivity contribution in [3.05, 3.63) is 102 Å². The van der Waals surface area contributed by atoms with Crippen LogP contribution in [0.3, 0.4) is 0 Å². The molecule has 0 aliphatic heterocycles. The van der Waals surface area contributed by atoms with E-state index >= 15 is 0 Å². The molecule has 1 aliphatic carbocycles. The first-order valence-corrected chi connectivity index (χ1v) is 17.3. The second kappa shape index (κ2) is 19.3. The molecule has 0 radical (unpaired) electrons. The van der Waals surface area contributed by atoms with Crippen molar-refractivity contribution in [3.63, 3.8) is 0 Å². The van der Waals surface area contributed by atoms with Crippen LogP contribution in [0.1, 0.15) is 100 Å². The average molecular weight is 639 g/mol. The normalized spacial score (nSPS) is 12.4. The largest absolute Gasteiger partial charge is 0.460 e. The first-order chi connectivity index (χ1) is 23.0. The van der Waals surface area contributed by atoms with Crippen LogP contribution in [-0.4, -0.2) is 37.2 Å². The van der Waals surface area contributed by atoms with E-state index in [-0.39, 0.29) is 25.6 Å². The molecule has 0 saturated heterocycles. The lowest BCUT2D eigenvalue weighted by Crippen LogP contribution is -2.44. The van der Waals surface area contributed by atoms with Gasteiger partial charge in [0.15, 0.2) is 0 Å². The molecule has 1 atom stereocenters. The fraction of sp³-hybridized carbons (Fsp3) is 0.425. The topological polar surface area (TPSA) is 93.7 Å². The zero-order valence-electron chi connectivity index (χ0n) is 27.8. The minimum atomic E-state index is -1.22. The zero-order valence-corrected chi connectivity index (χ0v) is 27.8. The van der Waals surface area contributed by atoms with Gasteiger partial charge in [0.1, 0.15) is 19.3 Å². The minimum Gasteiger partial charge on any atom is -0.460 e. The van der Waals surface area contributed by atoms with Gasteiger partial charge in [-0.1, -0.05) is 138 Å². The number of carbonyl (C=O) groups excluding carboxylic acids is 3. The van der Waals surface area contributed by atoms with E-state index in [9.17, 15) is 14.4 Å². The molecule has 7 nitrogen and oxygen atoms in total. The Labute approximate surface area is 280 Å². The summed E-state index contributed by atoms with van der Waals surface area (Å²) in [6, 6.07) is 22.7. The lowest BCUT2D eigenvalue weighted by Gasteiger charge is -2.19. The highest BCUT2D eigenvalue weighted by Crippen LogP contribution is 2.44. The molecule has 47 heavy (non-hydrogen) atoms. The molecule has 0 aromatic heterocycles. The van der Waals surface area contributed by atoms with Crippen LogP contribution < -0.4 is 10.6 Å². The van der Waals surface area contributed by atoms with Crippen LogP contribution in [0.5, 0.6) is 0 Å². The maximum absolute atomic E-state index is 12.9. The fourth-order valence-corrected chi connectivity index (χ4v) is 6.19. The van der Waals surface area contributed by atoms with Gasteiger partial charge in [-0.05, 0) is 52.8 Å². The minimum absolute atomic E-state index is 0.0379. The molecule has 3 aromatic rings. The monoisotopic (exact) mass is 638 g/mol. The number of amides is 2. The average Bonchev–Trinajstić information content (AvgIpc) is 3.41. The van der Waals surface area contributed by atoms with Crippen LogP contribution in [0.4, 0.5) is 10.5 Å². The number of anilines is 1. The van der Waals surface area contributed by atoms with Crippen LogP contribution in [0, 0.1) is 0 Å². The van der Waals surface area contributed by atoms with Crippen molar-refractivity contribution in [3.8, 4) is 11.1 Å². The Morgan fingerprint density at radius 3 is 1.94 bits per heavy atom. The molecule has 2 amide bonds. The highest BCUT2D eigenvalue weighted by Gasteiger charge is 2.30. The van der Waals surface area contributed by atoms with Gasteiger partial charge in [0.25, 0.3) is 0 Å². The van der Waals surface area contributed by atoms with Gasteiger partial charge in [0, 0.05) is 11.6 Å². The van der Waals surface area contributed by atoms with Gasteiger partial charge in [0.2, 0.25) is 5.91 Å². The Balaban J connectivity index is 1.23. The van der Waals surface area contributed by atoms with Crippen LogP contribution >= 0.6 is 0 Å². The lowest BCUT2D eigenvalue weighted by molar-refractivity contribution is -0.146. The van der Waals surface area contributed by atoms with Gasteiger partial charge in [-0.15, -0.1) is 0 Å². The Kier molecular flexibility index (Phi) is 14.6. The molecule has 1 aliphatic rings. The maximum atomic E-state index is 12.9. The molecular weight excluding hydrogens is 588 g/mol. The Morgan fingerprint density at radius 1 is 0.766 bits per heavy atom. The number of alkyl carbamates (subject to hydrolysis) is 1. The summed E-state index contributed by atoms with van der Waals surface area (Å²) in [4.78, 5) is 38.6. The summed E-state index contributed by atoms with van der Waals surface area (Å²) < 4.78 is 10.8. The molecule has 7 heteroatoms. The van der Waals surface area contributed by atoms with Gasteiger partial charge in [-0.25, -0.2) is 9.59 Å². The zero-order chi connectivity index (χ0) is 33.3. The van der Waals surface area contributed by atoms with Crippen molar-refractivity contribution in [1.29, 1.82) is 0 Å². The van der Waals surface area contributed by atoms with Gasteiger partial charge in [-0.2, -0.15) is 0 Å². The molecule has 4 rings (SSSR count). The molecular formula is C40H50N2O5. The molecule has 0 unspecified atom stereocenters. The SMILES string of the molecule is C=CCOC(=O)[C@H](CC(=O)Nc1ccc(CCCCCCCCCCCC)cc1)NC(=O)OCC1c2ccccc2-c2ccccc21. The summed E-state index contributed by atoms with van der Waals surface area (Å²) >= 11 is 0. The van der Waals surface area contributed by atoms with Crippen molar-refractivity contribution in [2.75, 3.05) is 18.5 Å². The van der Waals surface area contributed by atoms with Crippen molar-refractivity contribution in [2.24, 2.45) is 0 Å². The molecule has 250 valence electrons. The number of fused-ring (bicyclic) bond motifs is 3. The summed E-state index contributed by atoms with van der Waals surface area (Å²) in [5.74, 6) is -1.29. The number of nitrogens with one attached hydrogen (secondary N) is 2. The summed E-state index contributed by atoms with van der Waals surface area (Å²) in [7, 11) is 0. The molecule has 0 heterocycles. The van der Waals surface area contributed by atoms with E-state index in [0.717, 1.165) is 35.1 Å². The number of ether oxygens (including phenoxy) is 2. The number of hydrogen-bond acceptors (Lipinski definition) is 5. The van der Waals surface area contributed by atoms with Gasteiger partial charge >= 0.3 is 12.1 Å². The summed E-state index contributed by atoms with van der Waals surface area (Å²) in [5, 5.41) is 5.38. The number of unbranched alkanes of at least 4 members (excludes halogenated alkanes) is 9. The number of aryl methyl sites for hydroxylation is 1. The van der Waals surface area contributed by atoms with E-state index in [0.29, 0.717) is 5.69 Å². The lowest BCUT2D eigenvalue weighted by atomic mass is 9.98. The van der Waals surface area contributed by atoms with E-state index in [1.54, 1.807) is 0 Å². The first kappa shape index (κ1) is 35.5. The molecule has 0 fully saturated rings. The Hall–Kier alpha value is -4.39. The highest BCUT2D eigenvalue weighted by atomic mass is 16.6. The molecule has 0 spiro atoms. The summed E-state index contributed by atoms with van der Waals surface area (Å²) in [6.45, 7) is 5.87. The Bertz CT molecular complexity index is 1410. The third-order valence-corrected chi connectivity index (χ3v) is 8.71. The third kappa shape index (κ3) is 11.1.